The number of fused-ring (bicyclic) bond motifs is 1. The smallest absolute Gasteiger partial charge is 0.321 e. The highest BCUT2D eigenvalue weighted by Crippen LogP contribution is 2.42. The molecule has 3 rings (SSSR count). The molecule has 2 aliphatic rings. The first kappa shape index (κ1) is 13.5. The van der Waals surface area contributed by atoms with Crippen LogP contribution in [0.25, 0.3) is 0 Å². The molecule has 0 radical (unpaired) electrons. The molecule has 1 saturated heterocycles. The lowest BCUT2D eigenvalue weighted by atomic mass is 9.94. The van der Waals surface area contributed by atoms with E-state index in [0.29, 0.717) is 18.0 Å². The van der Waals surface area contributed by atoms with Crippen LogP contribution in [0.1, 0.15) is 24.8 Å². The Morgan fingerprint density at radius 1 is 1.35 bits per heavy atom. The molecule has 1 aliphatic carbocycles. The Morgan fingerprint density at radius 3 is 2.85 bits per heavy atom. The highest BCUT2D eigenvalue weighted by Gasteiger charge is 2.47. The van der Waals surface area contributed by atoms with Gasteiger partial charge >= 0.3 is 5.97 Å². The average Bonchev–Trinajstić information content (AvgIpc) is 2.91. The van der Waals surface area contributed by atoms with Gasteiger partial charge in [0.25, 0.3) is 0 Å². The minimum atomic E-state index is -0.832. The van der Waals surface area contributed by atoms with Gasteiger partial charge in [0.1, 0.15) is 17.7 Å². The lowest BCUT2D eigenvalue weighted by molar-refractivity contribution is -0.143. The number of carboxylic acid groups (broad SMARTS) is 1. The molecular formula is C15H17F2NO2. The van der Waals surface area contributed by atoms with Crippen molar-refractivity contribution in [3.8, 4) is 0 Å². The van der Waals surface area contributed by atoms with Crippen molar-refractivity contribution in [2.45, 2.75) is 31.8 Å². The number of nitrogens with zero attached hydrogens (tertiary/aromatic N) is 1. The zero-order valence-electron chi connectivity index (χ0n) is 11.1. The third-order valence-corrected chi connectivity index (χ3v) is 4.63. The summed E-state index contributed by atoms with van der Waals surface area (Å²) in [6, 6.07) is 2.93. The molecule has 20 heavy (non-hydrogen) atoms. The number of aliphatic carboxylic acids is 1. The highest BCUT2D eigenvalue weighted by atomic mass is 19.1. The standard InChI is InChI=1S/C15H17F2NO2/c16-11-5-4-10(13(17)6-11)8-18-7-9-2-1-3-12(9)14(18)15(19)20/h4-6,9,12,14H,1-3,7-8H2,(H,19,20). The maximum atomic E-state index is 13.7. The maximum absolute atomic E-state index is 13.7. The highest BCUT2D eigenvalue weighted by molar-refractivity contribution is 5.74. The van der Waals surface area contributed by atoms with E-state index >= 15 is 0 Å². The number of carbonyl (C=O) groups is 1. The van der Waals surface area contributed by atoms with Crippen LogP contribution in [0.3, 0.4) is 0 Å². The van der Waals surface area contributed by atoms with Gasteiger partial charge in [0.05, 0.1) is 0 Å². The summed E-state index contributed by atoms with van der Waals surface area (Å²) in [4.78, 5) is 13.3. The third-order valence-electron chi connectivity index (χ3n) is 4.63. The van der Waals surface area contributed by atoms with E-state index in [9.17, 15) is 18.7 Å². The first-order valence-corrected chi connectivity index (χ1v) is 6.97. The molecule has 0 aromatic heterocycles. The Morgan fingerprint density at radius 2 is 2.15 bits per heavy atom. The zero-order valence-corrected chi connectivity index (χ0v) is 11.1. The second kappa shape index (κ2) is 5.13. The Labute approximate surface area is 116 Å². The summed E-state index contributed by atoms with van der Waals surface area (Å²) in [6.07, 6.45) is 3.07. The molecule has 3 unspecified atom stereocenters. The van der Waals surface area contributed by atoms with Crippen LogP contribution in [-0.4, -0.2) is 28.6 Å². The number of carboxylic acids is 1. The van der Waals surface area contributed by atoms with Gasteiger partial charge in [0.15, 0.2) is 0 Å². The molecular weight excluding hydrogens is 264 g/mol. The van der Waals surface area contributed by atoms with Crippen molar-refractivity contribution in [2.75, 3.05) is 6.54 Å². The first-order chi connectivity index (χ1) is 9.56. The van der Waals surface area contributed by atoms with Gasteiger partial charge < -0.3 is 5.11 Å². The Kier molecular flexibility index (Phi) is 3.46. The summed E-state index contributed by atoms with van der Waals surface area (Å²) in [5, 5.41) is 9.43. The maximum Gasteiger partial charge on any atom is 0.321 e. The fourth-order valence-electron chi connectivity index (χ4n) is 3.76. The van der Waals surface area contributed by atoms with E-state index in [-0.39, 0.29) is 12.5 Å². The van der Waals surface area contributed by atoms with Gasteiger partial charge in [-0.05, 0) is 30.7 Å². The number of likely N-dealkylation sites (tertiary alicyclic amines) is 1. The van der Waals surface area contributed by atoms with Crippen molar-refractivity contribution in [3.05, 3.63) is 35.4 Å². The predicted octanol–water partition coefficient (Wildman–Crippen LogP) is 2.65. The van der Waals surface area contributed by atoms with Crippen molar-refractivity contribution < 1.29 is 18.7 Å². The Balaban J connectivity index is 1.81. The molecule has 3 nitrogen and oxygen atoms in total. The van der Waals surface area contributed by atoms with E-state index in [0.717, 1.165) is 25.3 Å². The second-order valence-corrected chi connectivity index (χ2v) is 5.80. The van der Waals surface area contributed by atoms with Crippen LogP contribution in [0.2, 0.25) is 0 Å². The quantitative estimate of drug-likeness (QED) is 0.926. The van der Waals surface area contributed by atoms with Crippen LogP contribution in [0, 0.1) is 23.5 Å². The number of hydrogen-bond donors (Lipinski definition) is 1. The Bertz CT molecular complexity index is 535. The molecule has 2 fully saturated rings. The number of rotatable bonds is 3. The lowest BCUT2D eigenvalue weighted by Crippen LogP contribution is -2.39. The molecule has 1 saturated carbocycles. The normalized spacial score (nSPS) is 29.6. The van der Waals surface area contributed by atoms with Crippen LogP contribution in [0.4, 0.5) is 8.78 Å². The summed E-state index contributed by atoms with van der Waals surface area (Å²) in [7, 11) is 0. The summed E-state index contributed by atoms with van der Waals surface area (Å²) in [5.74, 6) is -1.47. The van der Waals surface area contributed by atoms with Crippen molar-refractivity contribution in [2.24, 2.45) is 11.8 Å². The molecule has 3 atom stereocenters. The van der Waals surface area contributed by atoms with E-state index in [1.165, 1.54) is 12.1 Å². The number of benzene rings is 1. The average molecular weight is 281 g/mol. The number of halogens is 2. The summed E-state index contributed by atoms with van der Waals surface area (Å²) < 4.78 is 26.6. The van der Waals surface area contributed by atoms with Gasteiger partial charge in [0.2, 0.25) is 0 Å². The van der Waals surface area contributed by atoms with Gasteiger partial charge in [-0.15, -0.1) is 0 Å². The molecule has 1 aromatic rings. The van der Waals surface area contributed by atoms with Crippen LogP contribution < -0.4 is 0 Å². The van der Waals surface area contributed by atoms with Crippen molar-refractivity contribution in [1.82, 2.24) is 4.90 Å². The topological polar surface area (TPSA) is 40.5 Å². The van der Waals surface area contributed by atoms with E-state index < -0.39 is 23.6 Å². The number of hydrogen-bond acceptors (Lipinski definition) is 2. The molecule has 1 N–H and O–H groups in total. The van der Waals surface area contributed by atoms with Gasteiger partial charge in [-0.25, -0.2) is 8.78 Å². The first-order valence-electron chi connectivity index (χ1n) is 6.97. The molecule has 0 amide bonds. The molecule has 0 spiro atoms. The van der Waals surface area contributed by atoms with E-state index in [1.54, 1.807) is 0 Å². The fraction of sp³-hybridized carbons (Fsp3) is 0.533. The van der Waals surface area contributed by atoms with Gasteiger partial charge in [-0.3, -0.25) is 9.69 Å². The molecule has 1 aromatic carbocycles. The zero-order chi connectivity index (χ0) is 14.3. The van der Waals surface area contributed by atoms with Gasteiger partial charge in [-0.1, -0.05) is 12.5 Å². The van der Waals surface area contributed by atoms with Gasteiger partial charge in [0, 0.05) is 24.7 Å². The molecule has 1 aliphatic heterocycles. The SMILES string of the molecule is O=C(O)C1C2CCCC2CN1Cc1ccc(F)cc1F. The lowest BCUT2D eigenvalue weighted by Gasteiger charge is -2.24. The summed E-state index contributed by atoms with van der Waals surface area (Å²) in [6.45, 7) is 0.925. The third kappa shape index (κ3) is 2.30. The van der Waals surface area contributed by atoms with Crippen LogP contribution in [0.5, 0.6) is 0 Å². The predicted molar refractivity (Wildman–Crippen MR) is 69.0 cm³/mol. The van der Waals surface area contributed by atoms with Crippen molar-refractivity contribution in [3.63, 3.8) is 0 Å². The summed E-state index contributed by atoms with van der Waals surface area (Å²) in [5.41, 5.74) is 0.359. The summed E-state index contributed by atoms with van der Waals surface area (Å²) >= 11 is 0. The van der Waals surface area contributed by atoms with Crippen LogP contribution in [0.15, 0.2) is 18.2 Å². The van der Waals surface area contributed by atoms with Crippen molar-refractivity contribution >= 4 is 5.97 Å². The van der Waals surface area contributed by atoms with Crippen LogP contribution >= 0.6 is 0 Å². The van der Waals surface area contributed by atoms with E-state index in [2.05, 4.69) is 0 Å². The second-order valence-electron chi connectivity index (χ2n) is 5.80. The molecule has 5 heteroatoms. The molecule has 108 valence electrons. The molecule has 1 heterocycles. The molecule has 0 bridgehead atoms. The Hall–Kier alpha value is -1.49. The van der Waals surface area contributed by atoms with E-state index in [1.807, 2.05) is 4.90 Å². The van der Waals surface area contributed by atoms with Crippen LogP contribution in [-0.2, 0) is 11.3 Å². The van der Waals surface area contributed by atoms with Gasteiger partial charge in [-0.2, -0.15) is 0 Å². The van der Waals surface area contributed by atoms with E-state index in [4.69, 9.17) is 0 Å². The van der Waals surface area contributed by atoms with Crippen molar-refractivity contribution in [1.29, 1.82) is 0 Å². The monoisotopic (exact) mass is 281 g/mol. The minimum Gasteiger partial charge on any atom is -0.480 e. The minimum absolute atomic E-state index is 0.177. The largest absolute Gasteiger partial charge is 0.480 e. The fourth-order valence-corrected chi connectivity index (χ4v) is 3.76.